The summed E-state index contributed by atoms with van der Waals surface area (Å²) in [6.45, 7) is 4.79. The molecule has 0 bridgehead atoms. The average molecular weight is 420 g/mol. The van der Waals surface area contributed by atoms with Gasteiger partial charge >= 0.3 is 0 Å². The highest BCUT2D eigenvalue weighted by Gasteiger charge is 2.15. The summed E-state index contributed by atoms with van der Waals surface area (Å²) in [4.78, 5) is 12.4. The molecule has 160 valence electrons. The fourth-order valence-electron chi connectivity index (χ4n) is 3.76. The first-order chi connectivity index (χ1) is 15.0. The summed E-state index contributed by atoms with van der Waals surface area (Å²) < 4.78 is 16.3. The van der Waals surface area contributed by atoms with Gasteiger partial charge in [-0.1, -0.05) is 19.9 Å². The Bertz CT molecular complexity index is 1270. The molecule has 0 amide bonds. The van der Waals surface area contributed by atoms with Crippen LogP contribution < -0.4 is 10.6 Å². The van der Waals surface area contributed by atoms with Crippen molar-refractivity contribution in [1.29, 1.82) is 5.41 Å². The average Bonchev–Trinajstić information content (AvgIpc) is 3.37. The number of rotatable bonds is 8. The molecule has 3 heterocycles. The van der Waals surface area contributed by atoms with Crippen LogP contribution in [0.3, 0.4) is 0 Å². The van der Waals surface area contributed by atoms with E-state index in [1.165, 1.54) is 12.3 Å². The number of imidazole rings is 1. The number of hydrogen-bond acceptors (Lipinski definition) is 5. The molecule has 0 saturated carbocycles. The quantitative estimate of drug-likeness (QED) is 0.320. The number of anilines is 1. The maximum atomic E-state index is 14.3. The van der Waals surface area contributed by atoms with Gasteiger partial charge in [0.05, 0.1) is 5.69 Å². The molecule has 4 aromatic rings. The molecule has 0 unspecified atom stereocenters. The molecular formula is C23H26FN7. The zero-order valence-electron chi connectivity index (χ0n) is 17.8. The van der Waals surface area contributed by atoms with Crippen LogP contribution in [0.2, 0.25) is 0 Å². The van der Waals surface area contributed by atoms with E-state index in [1.807, 2.05) is 29.1 Å². The predicted octanol–water partition coefficient (Wildman–Crippen LogP) is 4.34. The number of allylic oxidation sites excluding steroid dienone is 1. The molecule has 8 heteroatoms. The molecule has 0 atom stereocenters. The summed E-state index contributed by atoms with van der Waals surface area (Å²) in [6.07, 6.45) is 9.26. The summed E-state index contributed by atoms with van der Waals surface area (Å²) in [5, 5.41) is 14.7. The highest BCUT2D eigenvalue weighted by molar-refractivity contribution is 6.07. The standard InChI is InChI=1S/C23H26FN7/c1-14(2)20-12-29-23-22(30-19(13-31(20)23)16(9-25)10-26-3)27-8-7-15-11-28-18-6-4-5-17(24)21(15)18/h4-6,9-14,25-26,28H,7-8H2,1-3H3,(H,27,30)/b16-10+,25-9?. The van der Waals surface area contributed by atoms with E-state index < -0.39 is 0 Å². The fraction of sp³-hybridized carbons (Fsp3) is 0.261. The van der Waals surface area contributed by atoms with Crippen LogP contribution in [0.25, 0.3) is 22.1 Å². The van der Waals surface area contributed by atoms with Gasteiger partial charge in [-0.05, 0) is 30.0 Å². The zero-order valence-corrected chi connectivity index (χ0v) is 17.8. The topological polar surface area (TPSA) is 93.9 Å². The third kappa shape index (κ3) is 3.88. The number of hydrogen-bond donors (Lipinski definition) is 4. The number of aromatic nitrogens is 4. The number of nitrogens with one attached hydrogen (secondary N) is 4. The number of aromatic amines is 1. The van der Waals surface area contributed by atoms with Crippen molar-refractivity contribution in [3.05, 3.63) is 65.8 Å². The molecule has 7 nitrogen and oxygen atoms in total. The second kappa shape index (κ2) is 8.59. The van der Waals surface area contributed by atoms with E-state index in [-0.39, 0.29) is 11.7 Å². The van der Waals surface area contributed by atoms with Crippen LogP contribution in [0, 0.1) is 11.2 Å². The summed E-state index contributed by atoms with van der Waals surface area (Å²) >= 11 is 0. The van der Waals surface area contributed by atoms with Crippen molar-refractivity contribution in [1.82, 2.24) is 24.7 Å². The van der Waals surface area contributed by atoms with E-state index >= 15 is 0 Å². The first kappa shape index (κ1) is 20.6. The van der Waals surface area contributed by atoms with Crippen LogP contribution in [-0.2, 0) is 6.42 Å². The van der Waals surface area contributed by atoms with Gasteiger partial charge in [0.25, 0.3) is 0 Å². The number of fused-ring (bicyclic) bond motifs is 2. The smallest absolute Gasteiger partial charge is 0.180 e. The molecule has 4 rings (SSSR count). The van der Waals surface area contributed by atoms with E-state index in [2.05, 4.69) is 34.4 Å². The molecule has 0 aliphatic carbocycles. The minimum absolute atomic E-state index is 0.223. The van der Waals surface area contributed by atoms with Crippen molar-refractivity contribution in [3.8, 4) is 0 Å². The molecular weight excluding hydrogens is 393 g/mol. The van der Waals surface area contributed by atoms with E-state index in [0.29, 0.717) is 35.4 Å². The Balaban J connectivity index is 1.67. The van der Waals surface area contributed by atoms with Crippen LogP contribution in [0.15, 0.2) is 43.0 Å². The monoisotopic (exact) mass is 419 g/mol. The Morgan fingerprint density at radius 1 is 1.35 bits per heavy atom. The minimum atomic E-state index is -0.223. The highest BCUT2D eigenvalue weighted by atomic mass is 19.1. The molecule has 0 fully saturated rings. The van der Waals surface area contributed by atoms with E-state index in [1.54, 1.807) is 19.3 Å². The van der Waals surface area contributed by atoms with Gasteiger partial charge in [0.1, 0.15) is 5.82 Å². The van der Waals surface area contributed by atoms with Crippen molar-refractivity contribution < 1.29 is 4.39 Å². The van der Waals surface area contributed by atoms with Gasteiger partial charge < -0.3 is 21.0 Å². The van der Waals surface area contributed by atoms with E-state index in [0.717, 1.165) is 22.4 Å². The van der Waals surface area contributed by atoms with Crippen LogP contribution >= 0.6 is 0 Å². The number of benzene rings is 1. The molecule has 0 radical (unpaired) electrons. The van der Waals surface area contributed by atoms with Crippen molar-refractivity contribution in [2.75, 3.05) is 18.9 Å². The Morgan fingerprint density at radius 2 is 2.19 bits per heavy atom. The van der Waals surface area contributed by atoms with Crippen molar-refractivity contribution >= 4 is 34.2 Å². The first-order valence-corrected chi connectivity index (χ1v) is 10.3. The number of H-pyrrole nitrogens is 1. The molecule has 31 heavy (non-hydrogen) atoms. The maximum Gasteiger partial charge on any atom is 0.180 e. The van der Waals surface area contributed by atoms with E-state index in [9.17, 15) is 4.39 Å². The van der Waals surface area contributed by atoms with Crippen LogP contribution in [0.4, 0.5) is 10.2 Å². The number of halogens is 1. The lowest BCUT2D eigenvalue weighted by atomic mass is 10.1. The zero-order chi connectivity index (χ0) is 22.0. The SMILES string of the molecule is CN/C=C(\C=N)c1cn2c(C(C)C)cnc2c(NCCc2c[nH]c3cccc(F)c23)n1. The third-order valence-electron chi connectivity index (χ3n) is 5.29. The lowest BCUT2D eigenvalue weighted by molar-refractivity contribution is 0.639. The predicted molar refractivity (Wildman–Crippen MR) is 123 cm³/mol. The fourth-order valence-corrected chi connectivity index (χ4v) is 3.76. The Hall–Kier alpha value is -3.68. The van der Waals surface area contributed by atoms with Gasteiger partial charge in [0, 0.05) is 66.8 Å². The lowest BCUT2D eigenvalue weighted by Crippen LogP contribution is -2.11. The van der Waals surface area contributed by atoms with E-state index in [4.69, 9.17) is 10.4 Å². The largest absolute Gasteiger partial charge is 0.393 e. The third-order valence-corrected chi connectivity index (χ3v) is 5.29. The molecule has 4 N–H and O–H groups in total. The molecule has 0 aliphatic heterocycles. The Labute approximate surface area is 179 Å². The second-order valence-corrected chi connectivity index (χ2v) is 7.69. The van der Waals surface area contributed by atoms with Gasteiger partial charge in [-0.3, -0.25) is 4.40 Å². The van der Waals surface area contributed by atoms with Crippen molar-refractivity contribution in [2.45, 2.75) is 26.2 Å². The Kier molecular flexibility index (Phi) is 5.70. The maximum absolute atomic E-state index is 14.3. The van der Waals surface area contributed by atoms with Gasteiger partial charge in [-0.25, -0.2) is 14.4 Å². The minimum Gasteiger partial charge on any atom is -0.393 e. The molecule has 0 saturated heterocycles. The Morgan fingerprint density at radius 3 is 2.94 bits per heavy atom. The number of nitrogens with zero attached hydrogens (tertiary/aromatic N) is 3. The van der Waals surface area contributed by atoms with Crippen LogP contribution in [-0.4, -0.2) is 39.2 Å². The summed E-state index contributed by atoms with van der Waals surface area (Å²) in [6, 6.07) is 5.05. The van der Waals surface area contributed by atoms with Crippen LogP contribution in [0.5, 0.6) is 0 Å². The normalized spacial score (nSPS) is 12.1. The van der Waals surface area contributed by atoms with Crippen LogP contribution in [0.1, 0.15) is 36.7 Å². The van der Waals surface area contributed by atoms with Crippen molar-refractivity contribution in [3.63, 3.8) is 0 Å². The summed E-state index contributed by atoms with van der Waals surface area (Å²) in [7, 11) is 1.79. The van der Waals surface area contributed by atoms with Crippen molar-refractivity contribution in [2.24, 2.45) is 0 Å². The first-order valence-electron chi connectivity index (χ1n) is 10.3. The summed E-state index contributed by atoms with van der Waals surface area (Å²) in [5.41, 5.74) is 4.82. The van der Waals surface area contributed by atoms with Gasteiger partial charge in [0.2, 0.25) is 0 Å². The lowest BCUT2D eigenvalue weighted by Gasteiger charge is -2.12. The molecule has 0 spiro atoms. The highest BCUT2D eigenvalue weighted by Crippen LogP contribution is 2.25. The van der Waals surface area contributed by atoms with Gasteiger partial charge in [-0.15, -0.1) is 0 Å². The second-order valence-electron chi connectivity index (χ2n) is 7.69. The molecule has 0 aliphatic rings. The molecule has 3 aromatic heterocycles. The van der Waals surface area contributed by atoms with Gasteiger partial charge in [-0.2, -0.15) is 0 Å². The van der Waals surface area contributed by atoms with Gasteiger partial charge in [0.15, 0.2) is 11.5 Å². The summed E-state index contributed by atoms with van der Waals surface area (Å²) in [5.74, 6) is 0.691. The molecule has 1 aromatic carbocycles.